The first-order valence-corrected chi connectivity index (χ1v) is 6.58. The van der Waals surface area contributed by atoms with Crippen molar-refractivity contribution in [2.45, 2.75) is 58.3 Å². The van der Waals surface area contributed by atoms with Crippen molar-refractivity contribution in [3.8, 4) is 0 Å². The molecule has 98 valence electrons. The van der Waals surface area contributed by atoms with Crippen LogP contribution in [0.1, 0.15) is 58.3 Å². The molecule has 0 radical (unpaired) electrons. The average molecular weight is 240 g/mol. The number of rotatable bonds is 11. The Balaban J connectivity index is 3.12. The molecule has 0 aromatic heterocycles. The highest BCUT2D eigenvalue weighted by atomic mass is 16.1. The van der Waals surface area contributed by atoms with Gasteiger partial charge in [-0.2, -0.15) is 0 Å². The largest absolute Gasteiger partial charge is 0.356 e. The summed E-state index contributed by atoms with van der Waals surface area (Å²) in [5.74, 6) is -0.189. The van der Waals surface area contributed by atoms with Crippen molar-refractivity contribution in [2.75, 3.05) is 13.1 Å². The van der Waals surface area contributed by atoms with Gasteiger partial charge >= 0.3 is 0 Å². The third-order valence-corrected chi connectivity index (χ3v) is 2.63. The van der Waals surface area contributed by atoms with E-state index in [-0.39, 0.29) is 12.5 Å². The maximum Gasteiger partial charge on any atom is 0.225 e. The number of nitrogens with one attached hydrogen (secondary N) is 1. The molecule has 5 heteroatoms. The molecular weight excluding hydrogens is 216 g/mol. The second-order valence-electron chi connectivity index (χ2n) is 4.21. The smallest absolute Gasteiger partial charge is 0.225 e. The van der Waals surface area contributed by atoms with Gasteiger partial charge in [-0.1, -0.05) is 57.0 Å². The molecule has 0 saturated heterocycles. The fraction of sp³-hybridized carbons (Fsp3) is 0.917. The molecule has 0 atom stereocenters. The average Bonchev–Trinajstić information content (AvgIpc) is 2.34. The normalized spacial score (nSPS) is 9.71. The predicted molar refractivity (Wildman–Crippen MR) is 69.6 cm³/mol. The fourth-order valence-electron chi connectivity index (χ4n) is 1.64. The van der Waals surface area contributed by atoms with Gasteiger partial charge in [0, 0.05) is 11.5 Å². The van der Waals surface area contributed by atoms with Gasteiger partial charge in [0.05, 0.1) is 0 Å². The third-order valence-electron chi connectivity index (χ3n) is 2.63. The molecule has 0 saturated carbocycles. The van der Waals surface area contributed by atoms with Crippen molar-refractivity contribution < 1.29 is 4.79 Å². The Morgan fingerprint density at radius 2 is 1.71 bits per heavy atom. The molecule has 0 bridgehead atoms. The van der Waals surface area contributed by atoms with Crippen LogP contribution in [0.15, 0.2) is 5.11 Å². The van der Waals surface area contributed by atoms with E-state index < -0.39 is 0 Å². The van der Waals surface area contributed by atoms with Crippen molar-refractivity contribution >= 4 is 5.91 Å². The summed E-state index contributed by atoms with van der Waals surface area (Å²) in [6.07, 6.45) is 10.0. The number of carbonyl (C=O) groups excluding carboxylic acids is 1. The first kappa shape index (κ1) is 15.8. The zero-order chi connectivity index (χ0) is 12.8. The lowest BCUT2D eigenvalue weighted by Crippen LogP contribution is -2.26. The van der Waals surface area contributed by atoms with Crippen LogP contribution >= 0.6 is 0 Å². The van der Waals surface area contributed by atoms with Crippen LogP contribution in [0.25, 0.3) is 10.4 Å². The van der Waals surface area contributed by atoms with Crippen LogP contribution in [-0.2, 0) is 4.79 Å². The van der Waals surface area contributed by atoms with Gasteiger partial charge in [-0.05, 0) is 12.0 Å². The molecule has 0 aromatic rings. The number of amides is 1. The number of carbonyl (C=O) groups is 1. The number of hydrogen-bond donors (Lipinski definition) is 1. The molecule has 0 aliphatic heterocycles. The van der Waals surface area contributed by atoms with Crippen LogP contribution in [0.4, 0.5) is 0 Å². The minimum Gasteiger partial charge on any atom is -0.356 e. The highest BCUT2D eigenvalue weighted by Gasteiger charge is 1.97. The summed E-state index contributed by atoms with van der Waals surface area (Å²) >= 11 is 0. The second-order valence-corrected chi connectivity index (χ2v) is 4.21. The maximum atomic E-state index is 11.0. The first-order chi connectivity index (χ1) is 8.31. The topological polar surface area (TPSA) is 77.9 Å². The fourth-order valence-corrected chi connectivity index (χ4v) is 1.64. The standard InChI is InChI=1S/C12H24N4O/c1-2-3-4-5-6-7-8-9-10-14-12(17)11-15-16-13/h2-11H2,1H3,(H,14,17). The Kier molecular flexibility index (Phi) is 11.9. The number of unbranched alkanes of at least 4 members (excludes halogenated alkanes) is 7. The predicted octanol–water partition coefficient (Wildman–Crippen LogP) is 3.55. The van der Waals surface area contributed by atoms with E-state index >= 15 is 0 Å². The van der Waals surface area contributed by atoms with Crippen molar-refractivity contribution in [1.29, 1.82) is 0 Å². The number of hydrogen-bond acceptors (Lipinski definition) is 2. The summed E-state index contributed by atoms with van der Waals surface area (Å²) in [5.41, 5.74) is 8.02. The van der Waals surface area contributed by atoms with Crippen molar-refractivity contribution in [3.05, 3.63) is 10.4 Å². The van der Waals surface area contributed by atoms with E-state index in [4.69, 9.17) is 5.53 Å². The quantitative estimate of drug-likeness (QED) is 0.255. The van der Waals surface area contributed by atoms with Crippen LogP contribution in [0.5, 0.6) is 0 Å². The summed E-state index contributed by atoms with van der Waals surface area (Å²) in [6, 6.07) is 0. The van der Waals surface area contributed by atoms with Gasteiger partial charge in [-0.3, -0.25) is 4.79 Å². The van der Waals surface area contributed by atoms with E-state index in [2.05, 4.69) is 22.3 Å². The Morgan fingerprint density at radius 1 is 1.12 bits per heavy atom. The van der Waals surface area contributed by atoms with Gasteiger partial charge in [0.15, 0.2) is 0 Å². The van der Waals surface area contributed by atoms with Crippen molar-refractivity contribution in [1.82, 2.24) is 5.32 Å². The maximum absolute atomic E-state index is 11.0. The van der Waals surface area contributed by atoms with Crippen molar-refractivity contribution in [2.24, 2.45) is 5.11 Å². The molecule has 5 nitrogen and oxygen atoms in total. The van der Waals surface area contributed by atoms with E-state index in [0.717, 1.165) is 12.8 Å². The molecule has 1 amide bonds. The Morgan fingerprint density at radius 3 is 2.29 bits per heavy atom. The molecule has 0 spiro atoms. The van der Waals surface area contributed by atoms with Gasteiger partial charge in [0.25, 0.3) is 0 Å². The van der Waals surface area contributed by atoms with Gasteiger partial charge in [-0.15, -0.1) is 0 Å². The van der Waals surface area contributed by atoms with E-state index in [1.54, 1.807) is 0 Å². The molecule has 0 rings (SSSR count). The molecule has 0 aliphatic carbocycles. The lowest BCUT2D eigenvalue weighted by Gasteiger charge is -2.03. The zero-order valence-electron chi connectivity index (χ0n) is 10.8. The zero-order valence-corrected chi connectivity index (χ0v) is 10.8. The van der Waals surface area contributed by atoms with Gasteiger partial charge < -0.3 is 5.32 Å². The van der Waals surface area contributed by atoms with E-state index in [9.17, 15) is 4.79 Å². The minimum atomic E-state index is -0.189. The van der Waals surface area contributed by atoms with Crippen LogP contribution in [-0.4, -0.2) is 19.0 Å². The molecule has 0 fully saturated rings. The van der Waals surface area contributed by atoms with Gasteiger partial charge in [0.2, 0.25) is 5.91 Å². The first-order valence-electron chi connectivity index (χ1n) is 6.58. The Bertz CT molecular complexity index is 237. The van der Waals surface area contributed by atoms with E-state index in [1.807, 2.05) is 0 Å². The Labute approximate surface area is 104 Å². The summed E-state index contributed by atoms with van der Waals surface area (Å²) in [7, 11) is 0. The van der Waals surface area contributed by atoms with Gasteiger partial charge in [-0.25, -0.2) is 0 Å². The lowest BCUT2D eigenvalue weighted by molar-refractivity contribution is -0.119. The van der Waals surface area contributed by atoms with E-state index in [0.29, 0.717) is 6.54 Å². The van der Waals surface area contributed by atoms with Crippen LogP contribution in [0.3, 0.4) is 0 Å². The second kappa shape index (κ2) is 12.8. The molecule has 1 N–H and O–H groups in total. The van der Waals surface area contributed by atoms with Gasteiger partial charge in [0.1, 0.15) is 6.54 Å². The highest BCUT2D eigenvalue weighted by Crippen LogP contribution is 2.07. The van der Waals surface area contributed by atoms with Crippen LogP contribution < -0.4 is 5.32 Å². The van der Waals surface area contributed by atoms with E-state index in [1.165, 1.54) is 38.5 Å². The summed E-state index contributed by atoms with van der Waals surface area (Å²) in [6.45, 7) is 2.82. The monoisotopic (exact) mass is 240 g/mol. The minimum absolute atomic E-state index is 0.0898. The lowest BCUT2D eigenvalue weighted by atomic mass is 10.1. The molecule has 0 heterocycles. The number of azide groups is 1. The van der Waals surface area contributed by atoms with Crippen LogP contribution in [0, 0.1) is 0 Å². The highest BCUT2D eigenvalue weighted by molar-refractivity contribution is 5.78. The number of nitrogens with zero attached hydrogens (tertiary/aromatic N) is 3. The SMILES string of the molecule is CCCCCCCCCCNC(=O)CN=[N+]=[N-]. The molecule has 0 aliphatic rings. The van der Waals surface area contributed by atoms with Crippen LogP contribution in [0.2, 0.25) is 0 Å². The molecule has 0 aromatic carbocycles. The molecule has 0 unspecified atom stereocenters. The third kappa shape index (κ3) is 12.7. The summed E-state index contributed by atoms with van der Waals surface area (Å²) < 4.78 is 0. The summed E-state index contributed by atoms with van der Waals surface area (Å²) in [5, 5.41) is 5.92. The van der Waals surface area contributed by atoms with Crippen molar-refractivity contribution in [3.63, 3.8) is 0 Å². The Hall–Kier alpha value is -1.22. The molecular formula is C12H24N4O. The summed E-state index contributed by atoms with van der Waals surface area (Å²) in [4.78, 5) is 13.6. The molecule has 17 heavy (non-hydrogen) atoms.